The molecule has 5 heteroatoms. The number of benzene rings is 1. The van der Waals surface area contributed by atoms with E-state index in [1.54, 1.807) is 11.8 Å². The molecule has 0 aliphatic carbocycles. The highest BCUT2D eigenvalue weighted by Crippen LogP contribution is 2.23. The highest BCUT2D eigenvalue weighted by molar-refractivity contribution is 8.14. The zero-order chi connectivity index (χ0) is 14.1. The summed E-state index contributed by atoms with van der Waals surface area (Å²) < 4.78 is 0. The van der Waals surface area contributed by atoms with Gasteiger partial charge in [-0.2, -0.15) is 0 Å². The number of aromatic amines is 1. The number of rotatable bonds is 2. The second kappa shape index (κ2) is 5.32. The summed E-state index contributed by atoms with van der Waals surface area (Å²) in [6.07, 6.45) is 0.384. The average molecular weight is 287 g/mol. The van der Waals surface area contributed by atoms with Crippen LogP contribution < -0.4 is 5.32 Å². The second-order valence-electron chi connectivity index (χ2n) is 5.04. The van der Waals surface area contributed by atoms with Crippen molar-refractivity contribution in [1.82, 2.24) is 10.3 Å². The summed E-state index contributed by atoms with van der Waals surface area (Å²) in [5.74, 6) is 0.963. The normalized spacial score (nSPS) is 14.6. The van der Waals surface area contributed by atoms with Crippen molar-refractivity contribution < 1.29 is 4.79 Å². The van der Waals surface area contributed by atoms with Crippen molar-refractivity contribution in [1.29, 1.82) is 0 Å². The first-order chi connectivity index (χ1) is 9.63. The van der Waals surface area contributed by atoms with Crippen molar-refractivity contribution in [2.45, 2.75) is 20.3 Å². The summed E-state index contributed by atoms with van der Waals surface area (Å²) in [5.41, 5.74) is 4.42. The van der Waals surface area contributed by atoms with E-state index in [2.05, 4.69) is 40.4 Å². The Labute approximate surface area is 122 Å². The molecule has 2 N–H and O–H groups in total. The number of carbonyl (C=O) groups excluding carboxylic acids is 1. The number of nitrogens with one attached hydrogen (secondary N) is 2. The van der Waals surface area contributed by atoms with Gasteiger partial charge in [-0.3, -0.25) is 9.79 Å². The topological polar surface area (TPSA) is 57.2 Å². The molecule has 0 spiro atoms. The number of H-pyrrole nitrogens is 1. The smallest absolute Gasteiger partial charge is 0.230 e. The third kappa shape index (κ3) is 2.58. The fourth-order valence-corrected chi connectivity index (χ4v) is 3.20. The second-order valence-corrected chi connectivity index (χ2v) is 6.12. The van der Waals surface area contributed by atoms with Crippen molar-refractivity contribution in [3.05, 3.63) is 35.0 Å². The fourth-order valence-electron chi connectivity index (χ4n) is 2.46. The van der Waals surface area contributed by atoms with Crippen molar-refractivity contribution in [2.75, 3.05) is 12.3 Å². The van der Waals surface area contributed by atoms with Gasteiger partial charge in [-0.15, -0.1) is 0 Å². The van der Waals surface area contributed by atoms with Crippen LogP contribution in [-0.2, 0) is 11.2 Å². The fraction of sp³-hybridized carbons (Fsp3) is 0.333. The number of thioether (sulfide) groups is 1. The highest BCUT2D eigenvalue weighted by Gasteiger charge is 2.15. The van der Waals surface area contributed by atoms with Crippen LogP contribution in [0.3, 0.4) is 0 Å². The largest absolute Gasteiger partial charge is 0.358 e. The summed E-state index contributed by atoms with van der Waals surface area (Å²) in [6.45, 7) is 4.88. The Morgan fingerprint density at radius 1 is 1.45 bits per heavy atom. The van der Waals surface area contributed by atoms with Crippen LogP contribution in [0.1, 0.15) is 16.8 Å². The van der Waals surface area contributed by atoms with E-state index in [1.807, 2.05) is 6.92 Å². The minimum Gasteiger partial charge on any atom is -0.358 e. The Morgan fingerprint density at radius 3 is 3.05 bits per heavy atom. The minimum atomic E-state index is 0.00339. The molecule has 0 bridgehead atoms. The zero-order valence-electron chi connectivity index (χ0n) is 11.6. The number of amidine groups is 1. The van der Waals surface area contributed by atoms with Crippen molar-refractivity contribution in [3.63, 3.8) is 0 Å². The van der Waals surface area contributed by atoms with E-state index in [4.69, 9.17) is 0 Å². The molecule has 2 aromatic rings. The van der Waals surface area contributed by atoms with Crippen LogP contribution in [0.2, 0.25) is 0 Å². The molecule has 1 amide bonds. The van der Waals surface area contributed by atoms with E-state index in [0.717, 1.165) is 39.6 Å². The Balaban J connectivity index is 1.84. The van der Waals surface area contributed by atoms with Crippen LogP contribution in [0, 0.1) is 13.8 Å². The van der Waals surface area contributed by atoms with E-state index in [9.17, 15) is 4.79 Å². The molecule has 0 saturated carbocycles. The SMILES string of the molecule is Cc1ccc2[nH]c(C)c(CC(=O)NC3=NCCS3)c2c1. The maximum atomic E-state index is 12.1. The molecule has 1 aliphatic rings. The maximum absolute atomic E-state index is 12.1. The monoisotopic (exact) mass is 287 g/mol. The van der Waals surface area contributed by atoms with Gasteiger partial charge in [0.25, 0.3) is 0 Å². The molecule has 0 saturated heterocycles. The summed E-state index contributed by atoms with van der Waals surface area (Å²) in [4.78, 5) is 19.7. The molecule has 0 atom stereocenters. The van der Waals surface area contributed by atoms with Gasteiger partial charge in [0.1, 0.15) is 0 Å². The molecule has 0 unspecified atom stereocenters. The molecule has 2 heterocycles. The third-order valence-corrected chi connectivity index (χ3v) is 4.34. The Morgan fingerprint density at radius 2 is 2.30 bits per heavy atom. The lowest BCUT2D eigenvalue weighted by atomic mass is 10.1. The minimum absolute atomic E-state index is 0.00339. The van der Waals surface area contributed by atoms with Crippen LogP contribution in [0.15, 0.2) is 23.2 Å². The molecule has 4 nitrogen and oxygen atoms in total. The first-order valence-electron chi connectivity index (χ1n) is 6.68. The standard InChI is InChI=1S/C15H17N3OS/c1-9-3-4-13-12(7-9)11(10(2)17-13)8-14(19)18-15-16-5-6-20-15/h3-4,7,17H,5-6,8H2,1-2H3,(H,16,18,19). The predicted octanol–water partition coefficient (Wildman–Crippen LogP) is 2.55. The quantitative estimate of drug-likeness (QED) is 0.892. The number of fused-ring (bicyclic) bond motifs is 1. The lowest BCUT2D eigenvalue weighted by Crippen LogP contribution is -2.28. The van der Waals surface area contributed by atoms with Crippen molar-refractivity contribution >= 4 is 33.7 Å². The van der Waals surface area contributed by atoms with Crippen molar-refractivity contribution in [2.24, 2.45) is 4.99 Å². The van der Waals surface area contributed by atoms with Gasteiger partial charge in [0.15, 0.2) is 5.17 Å². The van der Waals surface area contributed by atoms with Crippen LogP contribution in [0.25, 0.3) is 10.9 Å². The van der Waals surface area contributed by atoms with Gasteiger partial charge in [0, 0.05) is 22.3 Å². The van der Waals surface area contributed by atoms with Gasteiger partial charge < -0.3 is 10.3 Å². The maximum Gasteiger partial charge on any atom is 0.230 e. The predicted molar refractivity (Wildman–Crippen MR) is 84.4 cm³/mol. The van der Waals surface area contributed by atoms with Gasteiger partial charge in [-0.1, -0.05) is 23.4 Å². The number of nitrogens with zero attached hydrogens (tertiary/aromatic N) is 1. The lowest BCUT2D eigenvalue weighted by molar-refractivity contribution is -0.118. The number of aliphatic imine (C=N–C) groups is 1. The number of hydrogen-bond acceptors (Lipinski definition) is 3. The van der Waals surface area contributed by atoms with E-state index in [-0.39, 0.29) is 5.91 Å². The van der Waals surface area contributed by atoms with Crippen LogP contribution in [0.4, 0.5) is 0 Å². The summed E-state index contributed by atoms with van der Waals surface area (Å²) in [5, 5.41) is 4.77. The first kappa shape index (κ1) is 13.2. The van der Waals surface area contributed by atoms with Gasteiger partial charge in [0.05, 0.1) is 13.0 Å². The zero-order valence-corrected chi connectivity index (χ0v) is 12.4. The average Bonchev–Trinajstić information content (AvgIpc) is 3.00. The molecule has 3 rings (SSSR count). The van der Waals surface area contributed by atoms with Gasteiger partial charge in [0.2, 0.25) is 5.91 Å². The lowest BCUT2D eigenvalue weighted by Gasteiger charge is -2.04. The molecular formula is C15H17N3OS. The third-order valence-electron chi connectivity index (χ3n) is 3.44. The van der Waals surface area contributed by atoms with Crippen molar-refractivity contribution in [3.8, 4) is 0 Å². The number of carbonyl (C=O) groups is 1. The number of aryl methyl sites for hydroxylation is 2. The molecule has 0 radical (unpaired) electrons. The summed E-state index contributed by atoms with van der Waals surface area (Å²) >= 11 is 1.60. The van der Waals surface area contributed by atoms with E-state index in [0.29, 0.717) is 6.42 Å². The number of hydrogen-bond donors (Lipinski definition) is 2. The molecule has 0 fully saturated rings. The summed E-state index contributed by atoms with van der Waals surface area (Å²) in [6, 6.07) is 6.27. The highest BCUT2D eigenvalue weighted by atomic mass is 32.2. The van der Waals surface area contributed by atoms with Crippen LogP contribution >= 0.6 is 11.8 Å². The number of aromatic nitrogens is 1. The summed E-state index contributed by atoms with van der Waals surface area (Å²) in [7, 11) is 0. The molecule has 1 aromatic heterocycles. The van der Waals surface area contributed by atoms with Gasteiger partial charge in [-0.25, -0.2) is 0 Å². The van der Waals surface area contributed by atoms with Gasteiger partial charge in [-0.05, 0) is 31.5 Å². The van der Waals surface area contributed by atoms with Crippen LogP contribution in [-0.4, -0.2) is 28.4 Å². The van der Waals surface area contributed by atoms with E-state index in [1.165, 1.54) is 5.56 Å². The Hall–Kier alpha value is -1.75. The number of amides is 1. The molecule has 1 aliphatic heterocycles. The first-order valence-corrected chi connectivity index (χ1v) is 7.67. The molecule has 1 aromatic carbocycles. The molecule has 104 valence electrons. The molecular weight excluding hydrogens is 270 g/mol. The Bertz CT molecular complexity index is 702. The molecule has 20 heavy (non-hydrogen) atoms. The van der Waals surface area contributed by atoms with Gasteiger partial charge >= 0.3 is 0 Å². The van der Waals surface area contributed by atoms with Crippen LogP contribution in [0.5, 0.6) is 0 Å². The van der Waals surface area contributed by atoms with E-state index >= 15 is 0 Å². The van der Waals surface area contributed by atoms with E-state index < -0.39 is 0 Å². The Kier molecular flexibility index (Phi) is 3.53.